The molecule has 66 valence electrons. The second kappa shape index (κ2) is 23.1. The van der Waals surface area contributed by atoms with Crippen molar-refractivity contribution in [3.05, 3.63) is 0 Å². The van der Waals surface area contributed by atoms with E-state index in [1.54, 1.807) is 0 Å². The average molecular weight is 147 g/mol. The summed E-state index contributed by atoms with van der Waals surface area (Å²) < 4.78 is 0. The summed E-state index contributed by atoms with van der Waals surface area (Å²) in [6.07, 6.45) is 1.20. The van der Waals surface area contributed by atoms with Gasteiger partial charge in [0.1, 0.15) is 0 Å². The van der Waals surface area contributed by atoms with Crippen LogP contribution in [-0.4, -0.2) is 6.54 Å². The van der Waals surface area contributed by atoms with E-state index in [2.05, 4.69) is 13.8 Å². The summed E-state index contributed by atoms with van der Waals surface area (Å²) in [5.41, 5.74) is 5.28. The lowest BCUT2D eigenvalue weighted by Gasteiger charge is -1.98. The van der Waals surface area contributed by atoms with Gasteiger partial charge in [-0.05, 0) is 12.5 Å². The third kappa shape index (κ3) is 24.6. The first kappa shape index (κ1) is 16.5. The molecule has 0 saturated carbocycles. The minimum atomic E-state index is 0.713. The van der Waals surface area contributed by atoms with Gasteiger partial charge in [-0.1, -0.05) is 48.0 Å². The van der Waals surface area contributed by atoms with Crippen LogP contribution in [0.4, 0.5) is 0 Å². The van der Waals surface area contributed by atoms with Gasteiger partial charge in [0, 0.05) is 0 Å². The summed E-state index contributed by atoms with van der Waals surface area (Å²) in [6.45, 7) is 13.1. The van der Waals surface area contributed by atoms with Gasteiger partial charge in [-0.2, -0.15) is 0 Å². The van der Waals surface area contributed by atoms with Gasteiger partial charge in [0.15, 0.2) is 0 Å². The molecule has 0 aromatic carbocycles. The van der Waals surface area contributed by atoms with Gasteiger partial charge < -0.3 is 5.73 Å². The van der Waals surface area contributed by atoms with Gasteiger partial charge in [0.2, 0.25) is 0 Å². The largest absolute Gasteiger partial charge is 0.330 e. The molecule has 1 nitrogen and oxygen atoms in total. The van der Waals surface area contributed by atoms with Crippen LogP contribution in [0.15, 0.2) is 0 Å². The van der Waals surface area contributed by atoms with E-state index >= 15 is 0 Å². The van der Waals surface area contributed by atoms with Crippen LogP contribution in [-0.2, 0) is 0 Å². The van der Waals surface area contributed by atoms with Gasteiger partial charge in [-0.3, -0.25) is 0 Å². The van der Waals surface area contributed by atoms with Gasteiger partial charge >= 0.3 is 0 Å². The van der Waals surface area contributed by atoms with Crippen LogP contribution >= 0.6 is 0 Å². The Balaban J connectivity index is -0.000000105. The van der Waals surface area contributed by atoms with E-state index in [1.807, 2.05) is 27.7 Å². The molecule has 0 aliphatic rings. The van der Waals surface area contributed by atoms with Crippen molar-refractivity contribution in [2.24, 2.45) is 11.7 Å². The summed E-state index contributed by atoms with van der Waals surface area (Å²) in [6, 6.07) is 0. The second-order valence-corrected chi connectivity index (χ2v) is 1.75. The van der Waals surface area contributed by atoms with Crippen LogP contribution in [0.25, 0.3) is 0 Å². The maximum absolute atomic E-state index is 5.28. The monoisotopic (exact) mass is 147 g/mol. The van der Waals surface area contributed by atoms with E-state index in [0.29, 0.717) is 5.92 Å². The Morgan fingerprint density at radius 3 is 1.40 bits per heavy atom. The van der Waals surface area contributed by atoms with Crippen molar-refractivity contribution >= 4 is 0 Å². The van der Waals surface area contributed by atoms with E-state index in [4.69, 9.17) is 5.73 Å². The predicted octanol–water partition coefficient (Wildman–Crippen LogP) is 3.04. The normalized spacial score (nSPS) is 9.90. The molecule has 0 radical (unpaired) electrons. The maximum Gasteiger partial charge on any atom is -0.00516 e. The fraction of sp³-hybridized carbons (Fsp3) is 1.00. The predicted molar refractivity (Wildman–Crippen MR) is 51.2 cm³/mol. The van der Waals surface area contributed by atoms with Crippen LogP contribution in [0, 0.1) is 5.92 Å². The zero-order valence-electron chi connectivity index (χ0n) is 8.57. The number of nitrogens with two attached hydrogens (primary N) is 1. The molecular formula is C9H25N. The Morgan fingerprint density at radius 2 is 1.40 bits per heavy atom. The molecule has 0 fully saturated rings. The summed E-state index contributed by atoms with van der Waals surface area (Å²) in [5.74, 6) is 0.713. The Hall–Kier alpha value is -0.0400. The van der Waals surface area contributed by atoms with Crippen molar-refractivity contribution in [1.82, 2.24) is 0 Å². The Kier molecular flexibility index (Phi) is 38.1. The highest BCUT2D eigenvalue weighted by Gasteiger charge is 1.88. The van der Waals surface area contributed by atoms with Crippen molar-refractivity contribution in [1.29, 1.82) is 0 Å². The van der Waals surface area contributed by atoms with E-state index in [1.165, 1.54) is 6.42 Å². The van der Waals surface area contributed by atoms with Gasteiger partial charge in [0.25, 0.3) is 0 Å². The molecule has 0 spiro atoms. The van der Waals surface area contributed by atoms with Gasteiger partial charge in [-0.15, -0.1) is 0 Å². The van der Waals surface area contributed by atoms with Crippen molar-refractivity contribution < 1.29 is 0 Å². The third-order valence-electron chi connectivity index (χ3n) is 1.10. The lowest BCUT2D eigenvalue weighted by molar-refractivity contribution is 0.576. The molecule has 0 amide bonds. The van der Waals surface area contributed by atoms with Crippen LogP contribution in [0.3, 0.4) is 0 Å². The summed E-state index contributed by atoms with van der Waals surface area (Å²) in [7, 11) is 0. The Bertz CT molecular complexity index is 23.9. The molecule has 1 atom stereocenters. The SMILES string of the molecule is CC.CC.CCC(C)CN. The smallest absolute Gasteiger partial charge is 0.00516 e. The van der Waals surface area contributed by atoms with Gasteiger partial charge in [0.05, 0.1) is 0 Å². The molecule has 0 rings (SSSR count). The topological polar surface area (TPSA) is 26.0 Å². The van der Waals surface area contributed by atoms with Crippen LogP contribution in [0.1, 0.15) is 48.0 Å². The number of rotatable bonds is 2. The van der Waals surface area contributed by atoms with Crippen LogP contribution in [0.2, 0.25) is 0 Å². The summed E-state index contributed by atoms with van der Waals surface area (Å²) in [4.78, 5) is 0. The third-order valence-corrected chi connectivity index (χ3v) is 1.10. The van der Waals surface area contributed by atoms with E-state index in [-0.39, 0.29) is 0 Å². The molecule has 1 unspecified atom stereocenters. The zero-order chi connectivity index (χ0) is 8.99. The van der Waals surface area contributed by atoms with Gasteiger partial charge in [-0.25, -0.2) is 0 Å². The van der Waals surface area contributed by atoms with E-state index in [0.717, 1.165) is 6.54 Å². The fourth-order valence-electron chi connectivity index (χ4n) is 0.167. The molecule has 0 heterocycles. The van der Waals surface area contributed by atoms with Crippen LogP contribution in [0.5, 0.6) is 0 Å². The van der Waals surface area contributed by atoms with E-state index < -0.39 is 0 Å². The van der Waals surface area contributed by atoms with Crippen molar-refractivity contribution in [3.63, 3.8) is 0 Å². The molecule has 10 heavy (non-hydrogen) atoms. The molecular weight excluding hydrogens is 122 g/mol. The first-order chi connectivity index (χ1) is 4.81. The standard InChI is InChI=1S/C5H13N.2C2H6/c1-3-5(2)4-6;2*1-2/h5H,3-4,6H2,1-2H3;2*1-2H3. The highest BCUT2D eigenvalue weighted by atomic mass is 14.5. The highest BCUT2D eigenvalue weighted by molar-refractivity contribution is 4.45. The van der Waals surface area contributed by atoms with Crippen molar-refractivity contribution in [3.8, 4) is 0 Å². The molecule has 0 aromatic rings. The summed E-state index contributed by atoms with van der Waals surface area (Å²) >= 11 is 0. The summed E-state index contributed by atoms with van der Waals surface area (Å²) in [5, 5.41) is 0. The lowest BCUT2D eigenvalue weighted by Crippen LogP contribution is -2.08. The second-order valence-electron chi connectivity index (χ2n) is 1.75. The minimum Gasteiger partial charge on any atom is -0.330 e. The molecule has 0 aromatic heterocycles. The first-order valence-electron chi connectivity index (χ1n) is 4.51. The highest BCUT2D eigenvalue weighted by Crippen LogP contribution is 1.93. The number of hydrogen-bond acceptors (Lipinski definition) is 1. The molecule has 0 aliphatic carbocycles. The molecule has 0 saturated heterocycles. The fourth-order valence-corrected chi connectivity index (χ4v) is 0.167. The van der Waals surface area contributed by atoms with Crippen LogP contribution < -0.4 is 5.73 Å². The molecule has 0 aliphatic heterocycles. The molecule has 0 bridgehead atoms. The van der Waals surface area contributed by atoms with Crippen molar-refractivity contribution in [2.45, 2.75) is 48.0 Å². The lowest BCUT2D eigenvalue weighted by atomic mass is 10.1. The minimum absolute atomic E-state index is 0.713. The first-order valence-corrected chi connectivity index (χ1v) is 4.51. The molecule has 1 heteroatoms. The number of hydrogen-bond donors (Lipinski definition) is 1. The Morgan fingerprint density at radius 1 is 1.10 bits per heavy atom. The quantitative estimate of drug-likeness (QED) is 0.638. The van der Waals surface area contributed by atoms with E-state index in [9.17, 15) is 0 Å². The zero-order valence-corrected chi connectivity index (χ0v) is 8.57. The average Bonchev–Trinajstić information content (AvgIpc) is 2.10. The Labute approximate surface area is 67.0 Å². The molecule has 2 N–H and O–H groups in total. The maximum atomic E-state index is 5.28. The van der Waals surface area contributed by atoms with Crippen molar-refractivity contribution in [2.75, 3.05) is 6.54 Å².